The number of carbonyl (C=O) groups is 1. The normalized spacial score (nSPS) is 24.2. The molecule has 0 radical (unpaired) electrons. The highest BCUT2D eigenvalue weighted by molar-refractivity contribution is 5.91. The molecule has 2 aromatic rings. The van der Waals surface area contributed by atoms with Crippen LogP contribution in [0.15, 0.2) is 30.9 Å². The van der Waals surface area contributed by atoms with Gasteiger partial charge in [0.1, 0.15) is 11.3 Å². The first-order valence-electron chi connectivity index (χ1n) is 8.12. The third kappa shape index (κ3) is 4.01. The van der Waals surface area contributed by atoms with Gasteiger partial charge in [-0.25, -0.2) is 4.98 Å². The monoisotopic (exact) mass is 346 g/mol. The van der Waals surface area contributed by atoms with Crippen LogP contribution in [-0.2, 0) is 13.6 Å². The minimum Gasteiger partial charge on any atom is -0.389 e. The summed E-state index contributed by atoms with van der Waals surface area (Å²) in [6.07, 6.45) is 5.38. The average molecular weight is 346 g/mol. The summed E-state index contributed by atoms with van der Waals surface area (Å²) >= 11 is 0. The fourth-order valence-electron chi connectivity index (χ4n) is 2.90. The van der Waals surface area contributed by atoms with E-state index in [4.69, 9.17) is 0 Å². The lowest BCUT2D eigenvalue weighted by atomic mass is 9.88. The molecule has 1 saturated heterocycles. The van der Waals surface area contributed by atoms with Crippen molar-refractivity contribution in [3.63, 3.8) is 0 Å². The molecule has 0 spiro atoms. The number of nitrogens with zero attached hydrogens (tertiary/aromatic N) is 5. The van der Waals surface area contributed by atoms with Crippen LogP contribution in [0.1, 0.15) is 22.6 Å². The number of aliphatic hydroxyl groups excluding tert-OH is 1. The zero-order valence-electron chi connectivity index (χ0n) is 14.0. The van der Waals surface area contributed by atoms with Crippen molar-refractivity contribution in [3.05, 3.63) is 42.2 Å². The molecule has 0 aliphatic carbocycles. The maximum atomic E-state index is 12.0. The average Bonchev–Trinajstić information content (AvgIpc) is 3.02. The van der Waals surface area contributed by atoms with Crippen molar-refractivity contribution < 1.29 is 15.0 Å². The van der Waals surface area contributed by atoms with Crippen molar-refractivity contribution in [1.82, 2.24) is 30.0 Å². The van der Waals surface area contributed by atoms with E-state index in [1.165, 1.54) is 18.6 Å². The van der Waals surface area contributed by atoms with Crippen molar-refractivity contribution in [2.75, 3.05) is 19.6 Å². The van der Waals surface area contributed by atoms with Gasteiger partial charge in [-0.3, -0.25) is 19.4 Å². The molecular weight excluding hydrogens is 324 g/mol. The molecule has 3 N–H and O–H groups in total. The Balaban J connectivity index is 1.54. The van der Waals surface area contributed by atoms with Gasteiger partial charge in [0.05, 0.1) is 18.0 Å². The number of amides is 1. The zero-order valence-corrected chi connectivity index (χ0v) is 14.0. The first-order valence-corrected chi connectivity index (χ1v) is 8.12. The number of rotatable bonds is 5. The second-order valence-corrected chi connectivity index (χ2v) is 6.32. The van der Waals surface area contributed by atoms with Crippen LogP contribution in [0.3, 0.4) is 0 Å². The highest BCUT2D eigenvalue weighted by atomic mass is 16.3. The largest absolute Gasteiger partial charge is 0.389 e. The van der Waals surface area contributed by atoms with E-state index in [0.29, 0.717) is 26.1 Å². The molecule has 1 amide bonds. The Hall–Kier alpha value is -2.36. The summed E-state index contributed by atoms with van der Waals surface area (Å²) in [6, 6.07) is 1.92. The number of aryl methyl sites for hydroxylation is 1. The molecule has 0 saturated carbocycles. The Morgan fingerprint density at radius 1 is 1.44 bits per heavy atom. The standard InChI is InChI=1S/C16H22N6O3/c1-21-12(2-4-20-21)9-22-7-3-16(25,14(23)10-22)11-19-15(24)13-8-17-5-6-18-13/h2,4-6,8,14,23,25H,3,7,9-11H2,1H3,(H,19,24)/t14-,16-/m1/s1. The minimum atomic E-state index is -1.36. The molecular formula is C16H22N6O3. The minimum absolute atomic E-state index is 0.0386. The van der Waals surface area contributed by atoms with E-state index in [0.717, 1.165) is 5.69 Å². The number of carbonyl (C=O) groups excluding carboxylic acids is 1. The number of hydrogen-bond donors (Lipinski definition) is 3. The topological polar surface area (TPSA) is 116 Å². The molecule has 3 heterocycles. The van der Waals surface area contributed by atoms with Gasteiger partial charge in [-0.15, -0.1) is 0 Å². The lowest BCUT2D eigenvalue weighted by Crippen LogP contribution is -2.60. The molecule has 0 aromatic carbocycles. The molecule has 0 bridgehead atoms. The second kappa shape index (κ2) is 7.26. The van der Waals surface area contributed by atoms with Crippen LogP contribution in [0, 0.1) is 0 Å². The van der Waals surface area contributed by atoms with E-state index in [2.05, 4.69) is 25.3 Å². The number of β-amino-alcohol motifs (C(OH)–C–C–N with tert-alkyl or cyclic N) is 1. The van der Waals surface area contributed by atoms with Gasteiger partial charge in [0, 0.05) is 51.8 Å². The quantitative estimate of drug-likeness (QED) is 0.632. The molecule has 3 rings (SSSR count). The maximum absolute atomic E-state index is 12.0. The molecule has 2 aromatic heterocycles. The Bertz CT molecular complexity index is 722. The van der Waals surface area contributed by atoms with Crippen molar-refractivity contribution >= 4 is 5.91 Å². The smallest absolute Gasteiger partial charge is 0.271 e. The Kier molecular flexibility index (Phi) is 5.07. The SMILES string of the molecule is Cn1nccc1CN1CC[C@@](O)(CNC(=O)c2cnccn2)[C@H](O)C1. The van der Waals surface area contributed by atoms with Crippen molar-refractivity contribution in [2.45, 2.75) is 24.7 Å². The molecule has 2 atom stereocenters. The van der Waals surface area contributed by atoms with Crippen LogP contribution in [0.2, 0.25) is 0 Å². The van der Waals surface area contributed by atoms with Crippen LogP contribution < -0.4 is 5.32 Å². The lowest BCUT2D eigenvalue weighted by Gasteiger charge is -2.42. The Labute approximate surface area is 145 Å². The van der Waals surface area contributed by atoms with Crippen LogP contribution in [0.5, 0.6) is 0 Å². The van der Waals surface area contributed by atoms with Crippen molar-refractivity contribution in [3.8, 4) is 0 Å². The van der Waals surface area contributed by atoms with Gasteiger partial charge in [-0.05, 0) is 12.5 Å². The second-order valence-electron chi connectivity index (χ2n) is 6.32. The van der Waals surface area contributed by atoms with Gasteiger partial charge >= 0.3 is 0 Å². The number of nitrogens with one attached hydrogen (secondary N) is 1. The molecule has 0 unspecified atom stereocenters. The van der Waals surface area contributed by atoms with Crippen LogP contribution in [0.25, 0.3) is 0 Å². The summed E-state index contributed by atoms with van der Waals surface area (Å²) in [4.78, 5) is 21.8. The summed E-state index contributed by atoms with van der Waals surface area (Å²) in [5, 5.41) is 27.8. The third-order valence-electron chi connectivity index (χ3n) is 4.57. The molecule has 1 aliphatic rings. The number of hydrogen-bond acceptors (Lipinski definition) is 7. The summed E-state index contributed by atoms with van der Waals surface area (Å²) < 4.78 is 1.79. The number of aliphatic hydroxyl groups is 2. The predicted octanol–water partition coefficient (Wildman–Crippen LogP) is -1.06. The molecule has 9 nitrogen and oxygen atoms in total. The first kappa shape index (κ1) is 17.5. The number of piperidine rings is 1. The van der Waals surface area contributed by atoms with E-state index in [9.17, 15) is 15.0 Å². The fourth-order valence-corrected chi connectivity index (χ4v) is 2.90. The van der Waals surface area contributed by atoms with Gasteiger partial charge in [0.15, 0.2) is 0 Å². The van der Waals surface area contributed by atoms with E-state index < -0.39 is 17.6 Å². The van der Waals surface area contributed by atoms with E-state index in [-0.39, 0.29) is 12.2 Å². The highest BCUT2D eigenvalue weighted by Crippen LogP contribution is 2.23. The van der Waals surface area contributed by atoms with Crippen LogP contribution in [-0.4, -0.2) is 72.1 Å². The van der Waals surface area contributed by atoms with Gasteiger partial charge in [0.2, 0.25) is 0 Å². The molecule has 25 heavy (non-hydrogen) atoms. The van der Waals surface area contributed by atoms with Crippen LogP contribution in [0.4, 0.5) is 0 Å². The van der Waals surface area contributed by atoms with Gasteiger partial charge in [-0.2, -0.15) is 5.10 Å². The summed E-state index contributed by atoms with van der Waals surface area (Å²) in [6.45, 7) is 1.54. The Morgan fingerprint density at radius 2 is 2.28 bits per heavy atom. The molecule has 9 heteroatoms. The summed E-state index contributed by atoms with van der Waals surface area (Å²) in [7, 11) is 1.87. The van der Waals surface area contributed by atoms with Gasteiger partial charge in [-0.1, -0.05) is 0 Å². The third-order valence-corrected chi connectivity index (χ3v) is 4.57. The highest BCUT2D eigenvalue weighted by Gasteiger charge is 2.41. The maximum Gasteiger partial charge on any atom is 0.271 e. The molecule has 1 fully saturated rings. The van der Waals surface area contributed by atoms with Crippen molar-refractivity contribution in [2.24, 2.45) is 7.05 Å². The Morgan fingerprint density at radius 3 is 2.92 bits per heavy atom. The zero-order chi connectivity index (χ0) is 17.9. The fraction of sp³-hybridized carbons (Fsp3) is 0.500. The molecule has 134 valence electrons. The number of likely N-dealkylation sites (tertiary alicyclic amines) is 1. The van der Waals surface area contributed by atoms with Gasteiger partial charge < -0.3 is 15.5 Å². The van der Waals surface area contributed by atoms with E-state index >= 15 is 0 Å². The van der Waals surface area contributed by atoms with E-state index in [1.54, 1.807) is 10.9 Å². The molecule has 1 aliphatic heterocycles. The summed E-state index contributed by atoms with van der Waals surface area (Å²) in [5.74, 6) is -0.425. The number of aromatic nitrogens is 4. The van der Waals surface area contributed by atoms with E-state index in [1.807, 2.05) is 13.1 Å². The van der Waals surface area contributed by atoms with Gasteiger partial charge in [0.25, 0.3) is 5.91 Å². The first-order chi connectivity index (χ1) is 12.0. The van der Waals surface area contributed by atoms with Crippen LogP contribution >= 0.6 is 0 Å². The van der Waals surface area contributed by atoms with Crippen molar-refractivity contribution in [1.29, 1.82) is 0 Å². The lowest BCUT2D eigenvalue weighted by molar-refractivity contribution is -0.117. The summed E-state index contributed by atoms with van der Waals surface area (Å²) in [5.41, 5.74) is -0.149. The predicted molar refractivity (Wildman–Crippen MR) is 88.4 cm³/mol.